The van der Waals surface area contributed by atoms with Gasteiger partial charge in [-0.1, -0.05) is 422 Å². The number of nitrogens with one attached hydrogen (secondary N) is 1. The fourth-order valence-electron chi connectivity index (χ4n) is 13.5. The molecule has 1 amide bonds. The van der Waals surface area contributed by atoms with Crippen molar-refractivity contribution < 1.29 is 24.5 Å². The summed E-state index contributed by atoms with van der Waals surface area (Å²) in [5.41, 5.74) is 0. The quantitative estimate of drug-likeness (QED) is 0.0320. The molecule has 0 aliphatic rings. The molecule has 0 aromatic rings. The molecule has 2 atom stereocenters. The third kappa shape index (κ3) is 78.8. The number of unbranched alkanes of at least 4 members (excludes halogenated alkanes) is 64. The van der Waals surface area contributed by atoms with Crippen molar-refractivity contribution in [3.8, 4) is 0 Å². The van der Waals surface area contributed by atoms with E-state index < -0.39 is 12.1 Å². The minimum Gasteiger partial charge on any atom is -0.466 e. The number of carbonyl (C=O) groups excluding carboxylic acids is 2. The summed E-state index contributed by atoms with van der Waals surface area (Å²) in [5, 5.41) is 23.3. The van der Waals surface area contributed by atoms with E-state index in [1.165, 1.54) is 398 Å². The van der Waals surface area contributed by atoms with Gasteiger partial charge in [-0.3, -0.25) is 9.59 Å². The van der Waals surface area contributed by atoms with Gasteiger partial charge in [0, 0.05) is 12.8 Å². The van der Waals surface area contributed by atoms with Gasteiger partial charge in [-0.05, 0) is 89.9 Å². The molecule has 0 aliphatic heterocycles. The molecule has 0 saturated heterocycles. The Bertz CT molecular complexity index is 1570. The van der Waals surface area contributed by atoms with E-state index >= 15 is 0 Å². The normalized spacial score (nSPS) is 12.7. The van der Waals surface area contributed by atoms with Crippen LogP contribution in [-0.4, -0.2) is 47.4 Å². The predicted molar refractivity (Wildman–Crippen MR) is 416 cm³/mol. The number of ether oxygens (including phenoxy) is 1. The average Bonchev–Trinajstić information content (AvgIpc) is 3.79. The minimum absolute atomic E-state index is 0.0159. The Labute approximate surface area is 588 Å². The molecule has 94 heavy (non-hydrogen) atoms. The van der Waals surface area contributed by atoms with Gasteiger partial charge in [-0.25, -0.2) is 0 Å². The van der Waals surface area contributed by atoms with Crippen LogP contribution in [0, 0.1) is 0 Å². The van der Waals surface area contributed by atoms with Crippen molar-refractivity contribution in [3.63, 3.8) is 0 Å². The topological polar surface area (TPSA) is 95.9 Å². The Kier molecular flexibility index (Phi) is 81.3. The maximum atomic E-state index is 12.6. The smallest absolute Gasteiger partial charge is 0.305 e. The van der Waals surface area contributed by atoms with E-state index in [9.17, 15) is 19.8 Å². The van der Waals surface area contributed by atoms with E-state index in [-0.39, 0.29) is 18.5 Å². The van der Waals surface area contributed by atoms with E-state index in [0.717, 1.165) is 51.4 Å². The van der Waals surface area contributed by atoms with Crippen molar-refractivity contribution in [2.75, 3.05) is 13.2 Å². The number of carbonyl (C=O) groups is 2. The average molecular weight is 1320 g/mol. The third-order valence-electron chi connectivity index (χ3n) is 20.1. The molecule has 0 spiro atoms. The lowest BCUT2D eigenvalue weighted by Crippen LogP contribution is -2.45. The number of esters is 1. The van der Waals surface area contributed by atoms with Gasteiger partial charge in [0.25, 0.3) is 0 Å². The summed E-state index contributed by atoms with van der Waals surface area (Å²) < 4.78 is 5.51. The molecule has 554 valence electrons. The number of hydrogen-bond acceptors (Lipinski definition) is 5. The lowest BCUT2D eigenvalue weighted by molar-refractivity contribution is -0.143. The zero-order valence-corrected chi connectivity index (χ0v) is 63.7. The van der Waals surface area contributed by atoms with Crippen molar-refractivity contribution in [3.05, 3.63) is 48.6 Å². The molecular formula is C88H167NO5. The lowest BCUT2D eigenvalue weighted by Gasteiger charge is -2.20. The van der Waals surface area contributed by atoms with Crippen LogP contribution in [0.1, 0.15) is 476 Å². The molecule has 0 bridgehead atoms. The molecule has 0 fully saturated rings. The van der Waals surface area contributed by atoms with Gasteiger partial charge >= 0.3 is 5.97 Å². The molecule has 0 heterocycles. The standard InChI is InChI=1S/C88H167NO5/c1-3-5-7-9-11-13-15-17-19-21-22-23-39-42-45-49-52-56-60-64-68-72-76-80-86(91)85(84-90)89-87(92)81-77-73-69-65-61-57-53-50-46-43-40-37-35-33-31-29-27-25-24-26-28-30-32-34-36-38-41-44-47-51-55-59-63-67-71-75-79-83-94-88(93)82-78-74-70-66-62-58-54-48-20-18-16-14-12-10-8-6-4-2/h18,20,24,26,30,32,76,80,85-86,90-91H,3-17,19,21-23,25,27-29,31,33-75,77-79,81-84H2,1-2H3,(H,89,92)/b20-18-,26-24-,32-30-,80-76+. The summed E-state index contributed by atoms with van der Waals surface area (Å²) in [6.45, 7) is 4.95. The monoisotopic (exact) mass is 1320 g/mol. The third-order valence-corrected chi connectivity index (χ3v) is 20.1. The minimum atomic E-state index is -0.845. The number of aliphatic hydroxyl groups is 2. The first kappa shape index (κ1) is 91.8. The summed E-state index contributed by atoms with van der Waals surface area (Å²) in [5.74, 6) is -0.0444. The van der Waals surface area contributed by atoms with Crippen LogP contribution in [0.25, 0.3) is 0 Å². The van der Waals surface area contributed by atoms with Crippen molar-refractivity contribution in [2.45, 2.75) is 488 Å². The van der Waals surface area contributed by atoms with E-state index in [1.807, 2.05) is 6.08 Å². The van der Waals surface area contributed by atoms with Crippen molar-refractivity contribution in [1.82, 2.24) is 5.32 Å². The van der Waals surface area contributed by atoms with Gasteiger partial charge < -0.3 is 20.3 Å². The summed E-state index contributed by atoms with van der Waals surface area (Å²) >= 11 is 0. The van der Waals surface area contributed by atoms with Crippen LogP contribution >= 0.6 is 0 Å². The number of rotatable bonds is 81. The van der Waals surface area contributed by atoms with Gasteiger partial charge in [0.2, 0.25) is 5.91 Å². The molecule has 0 radical (unpaired) electrons. The molecule has 2 unspecified atom stereocenters. The number of hydrogen-bond donors (Lipinski definition) is 3. The molecular weight excluding hydrogens is 1150 g/mol. The SMILES string of the molecule is CCCCCCCC/C=C\CCCCCCCCCC(=O)OCCCCCCCCCCCCCCC/C=C\C/C=C\CCCCCCCCCCCCCCCCCCCC(=O)NC(CO)C(O)/C=C/CCCCCCCCCCCCCCCCCCCCCCC. The second-order valence-electron chi connectivity index (χ2n) is 29.5. The Hall–Kier alpha value is -2.18. The molecule has 0 rings (SSSR count). The maximum Gasteiger partial charge on any atom is 0.305 e. The second-order valence-corrected chi connectivity index (χ2v) is 29.5. The zero-order valence-electron chi connectivity index (χ0n) is 63.7. The number of aliphatic hydroxyl groups excluding tert-OH is 2. The summed E-state index contributed by atoms with van der Waals surface area (Å²) in [4.78, 5) is 24.7. The summed E-state index contributed by atoms with van der Waals surface area (Å²) in [6.07, 6.45) is 111. The summed E-state index contributed by atoms with van der Waals surface area (Å²) in [7, 11) is 0. The largest absolute Gasteiger partial charge is 0.466 e. The number of amides is 1. The van der Waals surface area contributed by atoms with Gasteiger partial charge in [0.1, 0.15) is 0 Å². The van der Waals surface area contributed by atoms with E-state index in [4.69, 9.17) is 4.74 Å². The first-order chi connectivity index (χ1) is 46.5. The molecule has 3 N–H and O–H groups in total. The molecule has 6 heteroatoms. The Morgan fingerprint density at radius 2 is 0.532 bits per heavy atom. The van der Waals surface area contributed by atoms with E-state index in [0.29, 0.717) is 19.4 Å². The first-order valence-electron chi connectivity index (χ1n) is 42.9. The fourth-order valence-corrected chi connectivity index (χ4v) is 13.5. The van der Waals surface area contributed by atoms with Crippen LogP contribution in [0.5, 0.6) is 0 Å². The molecule has 0 aliphatic carbocycles. The molecule has 0 aromatic carbocycles. The Balaban J connectivity index is 3.38. The molecule has 0 aromatic heterocycles. The van der Waals surface area contributed by atoms with Crippen LogP contribution < -0.4 is 5.32 Å². The molecule has 6 nitrogen and oxygen atoms in total. The van der Waals surface area contributed by atoms with Crippen LogP contribution in [0.3, 0.4) is 0 Å². The Morgan fingerprint density at radius 3 is 0.819 bits per heavy atom. The Morgan fingerprint density at radius 1 is 0.298 bits per heavy atom. The fraction of sp³-hybridized carbons (Fsp3) is 0.886. The van der Waals surface area contributed by atoms with Crippen LogP contribution in [0.4, 0.5) is 0 Å². The van der Waals surface area contributed by atoms with Gasteiger partial charge in [0.15, 0.2) is 0 Å². The highest BCUT2D eigenvalue weighted by atomic mass is 16.5. The van der Waals surface area contributed by atoms with Crippen molar-refractivity contribution in [1.29, 1.82) is 0 Å². The van der Waals surface area contributed by atoms with Crippen LogP contribution in [0.2, 0.25) is 0 Å². The highest BCUT2D eigenvalue weighted by Gasteiger charge is 2.18. The van der Waals surface area contributed by atoms with Gasteiger partial charge in [-0.15, -0.1) is 0 Å². The van der Waals surface area contributed by atoms with Gasteiger partial charge in [-0.2, -0.15) is 0 Å². The predicted octanol–water partition coefficient (Wildman–Crippen LogP) is 28.7. The van der Waals surface area contributed by atoms with Crippen molar-refractivity contribution >= 4 is 11.9 Å². The van der Waals surface area contributed by atoms with E-state index in [2.05, 4.69) is 55.6 Å². The zero-order chi connectivity index (χ0) is 67.7. The molecule has 0 saturated carbocycles. The first-order valence-corrected chi connectivity index (χ1v) is 42.9. The maximum absolute atomic E-state index is 12.6. The van der Waals surface area contributed by atoms with Crippen LogP contribution in [-0.2, 0) is 14.3 Å². The number of allylic oxidation sites excluding steroid dienone is 7. The second kappa shape index (κ2) is 83.2. The van der Waals surface area contributed by atoms with E-state index in [1.54, 1.807) is 6.08 Å². The highest BCUT2D eigenvalue weighted by molar-refractivity contribution is 5.76. The van der Waals surface area contributed by atoms with Gasteiger partial charge in [0.05, 0.1) is 25.4 Å². The summed E-state index contributed by atoms with van der Waals surface area (Å²) in [6, 6.07) is -0.628. The lowest BCUT2D eigenvalue weighted by atomic mass is 10.0. The van der Waals surface area contributed by atoms with Crippen LogP contribution in [0.15, 0.2) is 48.6 Å². The highest BCUT2D eigenvalue weighted by Crippen LogP contribution is 2.20. The van der Waals surface area contributed by atoms with Crippen molar-refractivity contribution in [2.24, 2.45) is 0 Å².